The quantitative estimate of drug-likeness (QED) is 0.873. The van der Waals surface area contributed by atoms with Gasteiger partial charge in [-0.15, -0.1) is 12.4 Å². The Hall–Kier alpha value is -0.910. The number of piperidine rings is 1. The number of alkyl halides is 2. The second-order valence-electron chi connectivity index (χ2n) is 5.22. The number of likely N-dealkylation sites (tertiary alicyclic amines) is 1. The lowest BCUT2D eigenvalue weighted by molar-refractivity contribution is -0.0498. The minimum Gasteiger partial charge on any atom is -0.435 e. The van der Waals surface area contributed by atoms with E-state index in [0.717, 1.165) is 25.1 Å². The lowest BCUT2D eigenvalue weighted by Gasteiger charge is -2.35. The van der Waals surface area contributed by atoms with Gasteiger partial charge in [0.05, 0.1) is 0 Å². The average Bonchev–Trinajstić information content (AvgIpc) is 2.43. The van der Waals surface area contributed by atoms with Gasteiger partial charge in [-0.1, -0.05) is 18.6 Å². The summed E-state index contributed by atoms with van der Waals surface area (Å²) >= 11 is 0. The maximum atomic E-state index is 12.1. The van der Waals surface area contributed by atoms with Gasteiger partial charge in [0, 0.05) is 12.6 Å². The van der Waals surface area contributed by atoms with E-state index in [0.29, 0.717) is 12.6 Å². The maximum Gasteiger partial charge on any atom is 0.387 e. The number of rotatable bonds is 6. The van der Waals surface area contributed by atoms with Gasteiger partial charge in [0.25, 0.3) is 0 Å². The first kappa shape index (κ1) is 18.1. The molecule has 1 saturated heterocycles. The number of ether oxygens (including phenoxy) is 1. The molecule has 21 heavy (non-hydrogen) atoms. The molecule has 0 bridgehead atoms. The summed E-state index contributed by atoms with van der Waals surface area (Å²) in [6, 6.07) is 7.45. The molecule has 0 spiro atoms. The molecule has 1 aliphatic rings. The molecule has 0 aliphatic carbocycles. The Labute approximate surface area is 130 Å². The fraction of sp³-hybridized carbons (Fsp3) is 0.600. The van der Waals surface area contributed by atoms with Crippen molar-refractivity contribution in [1.82, 2.24) is 4.90 Å². The van der Waals surface area contributed by atoms with Crippen LogP contribution in [0.2, 0.25) is 0 Å². The Kier molecular flexibility index (Phi) is 7.93. The van der Waals surface area contributed by atoms with E-state index in [1.165, 1.54) is 19.3 Å². The Morgan fingerprint density at radius 2 is 1.95 bits per heavy atom. The molecule has 1 fully saturated rings. The first-order valence-corrected chi connectivity index (χ1v) is 7.17. The average molecular weight is 321 g/mol. The van der Waals surface area contributed by atoms with Crippen molar-refractivity contribution < 1.29 is 13.5 Å². The van der Waals surface area contributed by atoms with Gasteiger partial charge in [-0.2, -0.15) is 8.78 Å². The van der Waals surface area contributed by atoms with Crippen molar-refractivity contribution in [1.29, 1.82) is 0 Å². The molecule has 3 nitrogen and oxygen atoms in total. The van der Waals surface area contributed by atoms with E-state index in [1.54, 1.807) is 12.1 Å². The molecule has 1 aromatic rings. The minimum absolute atomic E-state index is 0. The van der Waals surface area contributed by atoms with E-state index >= 15 is 0 Å². The Balaban J connectivity index is 0.00000220. The van der Waals surface area contributed by atoms with Gasteiger partial charge in [0.15, 0.2) is 0 Å². The number of halogens is 3. The highest BCUT2D eigenvalue weighted by Gasteiger charge is 2.21. The Bertz CT molecular complexity index is 401. The third-order valence-corrected chi connectivity index (χ3v) is 3.78. The van der Waals surface area contributed by atoms with E-state index in [-0.39, 0.29) is 18.2 Å². The molecular formula is C15H23ClF2N2O. The van der Waals surface area contributed by atoms with Crippen molar-refractivity contribution >= 4 is 12.4 Å². The zero-order valence-corrected chi connectivity index (χ0v) is 12.8. The molecule has 0 radical (unpaired) electrons. The van der Waals surface area contributed by atoms with Gasteiger partial charge >= 0.3 is 6.61 Å². The van der Waals surface area contributed by atoms with Crippen molar-refractivity contribution in [3.63, 3.8) is 0 Å². The van der Waals surface area contributed by atoms with Crippen molar-refractivity contribution in [3.05, 3.63) is 29.8 Å². The zero-order chi connectivity index (χ0) is 14.4. The summed E-state index contributed by atoms with van der Waals surface area (Å²) in [4.78, 5) is 2.44. The monoisotopic (exact) mass is 320 g/mol. The summed E-state index contributed by atoms with van der Waals surface area (Å²) in [5, 5.41) is 0. The van der Waals surface area contributed by atoms with Gasteiger partial charge in [-0.05, 0) is 50.0 Å². The van der Waals surface area contributed by atoms with Crippen LogP contribution in [0.1, 0.15) is 31.2 Å². The molecule has 2 N–H and O–H groups in total. The summed E-state index contributed by atoms with van der Waals surface area (Å²) in [7, 11) is 0. The van der Waals surface area contributed by atoms with E-state index in [2.05, 4.69) is 9.64 Å². The van der Waals surface area contributed by atoms with E-state index in [9.17, 15) is 8.78 Å². The summed E-state index contributed by atoms with van der Waals surface area (Å²) in [6.07, 6.45) is 4.70. The van der Waals surface area contributed by atoms with Crippen LogP contribution in [0.25, 0.3) is 0 Å². The molecule has 1 heterocycles. The summed E-state index contributed by atoms with van der Waals surface area (Å²) < 4.78 is 28.5. The highest BCUT2D eigenvalue weighted by atomic mass is 35.5. The first-order valence-electron chi connectivity index (χ1n) is 7.17. The standard InChI is InChI=1S/C15H22F2N2O.ClH/c16-15(17)20-14-6-4-12(5-7-14)11-19-10-2-1-3-13(19)8-9-18;/h4-7,13,15H,1-3,8-11,18H2;1H. The molecule has 1 aromatic carbocycles. The van der Waals surface area contributed by atoms with Crippen LogP contribution in [-0.2, 0) is 6.54 Å². The molecule has 1 unspecified atom stereocenters. The van der Waals surface area contributed by atoms with E-state index < -0.39 is 6.61 Å². The predicted molar refractivity (Wildman–Crippen MR) is 82.0 cm³/mol. The molecule has 0 saturated carbocycles. The van der Waals surface area contributed by atoms with Gasteiger partial charge < -0.3 is 10.5 Å². The predicted octanol–water partition coefficient (Wildman–Crippen LogP) is 3.41. The number of benzene rings is 1. The van der Waals surface area contributed by atoms with Crippen molar-refractivity contribution in [2.24, 2.45) is 5.73 Å². The third-order valence-electron chi connectivity index (χ3n) is 3.78. The van der Waals surface area contributed by atoms with Gasteiger partial charge in [0.2, 0.25) is 0 Å². The maximum absolute atomic E-state index is 12.1. The SMILES string of the molecule is Cl.NCCC1CCCCN1Cc1ccc(OC(F)F)cc1. The first-order chi connectivity index (χ1) is 9.69. The van der Waals surface area contributed by atoms with Crippen LogP contribution in [0.15, 0.2) is 24.3 Å². The zero-order valence-electron chi connectivity index (χ0n) is 12.0. The van der Waals surface area contributed by atoms with Crippen molar-refractivity contribution in [2.45, 2.75) is 44.9 Å². The van der Waals surface area contributed by atoms with E-state index in [4.69, 9.17) is 5.73 Å². The number of hydrogen-bond acceptors (Lipinski definition) is 3. The smallest absolute Gasteiger partial charge is 0.387 e. The third kappa shape index (κ3) is 5.77. The molecule has 6 heteroatoms. The highest BCUT2D eigenvalue weighted by molar-refractivity contribution is 5.85. The van der Waals surface area contributed by atoms with Crippen LogP contribution in [0, 0.1) is 0 Å². The van der Waals surface area contributed by atoms with Crippen LogP contribution >= 0.6 is 12.4 Å². The number of hydrogen-bond donors (Lipinski definition) is 1. The molecule has 2 rings (SSSR count). The van der Waals surface area contributed by atoms with Gasteiger partial charge in [0.1, 0.15) is 5.75 Å². The molecule has 0 amide bonds. The Morgan fingerprint density at radius 1 is 1.24 bits per heavy atom. The van der Waals surface area contributed by atoms with Crippen molar-refractivity contribution in [3.8, 4) is 5.75 Å². The number of nitrogens with two attached hydrogens (primary N) is 1. The summed E-state index contributed by atoms with van der Waals surface area (Å²) in [5.74, 6) is 0.209. The number of nitrogens with zero attached hydrogens (tertiary/aromatic N) is 1. The molecule has 1 atom stereocenters. The fourth-order valence-electron chi connectivity index (χ4n) is 2.80. The summed E-state index contributed by atoms with van der Waals surface area (Å²) in [5.41, 5.74) is 6.79. The molecular weight excluding hydrogens is 298 g/mol. The summed E-state index contributed by atoms with van der Waals surface area (Å²) in [6.45, 7) is -0.126. The van der Waals surface area contributed by atoms with Crippen LogP contribution in [-0.4, -0.2) is 30.6 Å². The van der Waals surface area contributed by atoms with Crippen LogP contribution in [0.4, 0.5) is 8.78 Å². The van der Waals surface area contributed by atoms with Crippen LogP contribution in [0.5, 0.6) is 5.75 Å². The fourth-order valence-corrected chi connectivity index (χ4v) is 2.80. The lowest BCUT2D eigenvalue weighted by atomic mass is 9.98. The topological polar surface area (TPSA) is 38.5 Å². The van der Waals surface area contributed by atoms with Crippen LogP contribution in [0.3, 0.4) is 0 Å². The second kappa shape index (κ2) is 9.18. The normalized spacial score (nSPS) is 19.3. The molecule has 120 valence electrons. The van der Waals surface area contributed by atoms with Gasteiger partial charge in [-0.25, -0.2) is 0 Å². The highest BCUT2D eigenvalue weighted by Crippen LogP contribution is 2.22. The molecule has 1 aliphatic heterocycles. The van der Waals surface area contributed by atoms with Crippen molar-refractivity contribution in [2.75, 3.05) is 13.1 Å². The van der Waals surface area contributed by atoms with Crippen LogP contribution < -0.4 is 10.5 Å². The Morgan fingerprint density at radius 3 is 2.57 bits per heavy atom. The second-order valence-corrected chi connectivity index (χ2v) is 5.22. The minimum atomic E-state index is -2.77. The molecule has 0 aromatic heterocycles. The van der Waals surface area contributed by atoms with E-state index in [1.807, 2.05) is 12.1 Å². The largest absolute Gasteiger partial charge is 0.435 e. The van der Waals surface area contributed by atoms with Gasteiger partial charge in [-0.3, -0.25) is 4.90 Å². The lowest BCUT2D eigenvalue weighted by Crippen LogP contribution is -2.40.